The molecule has 1 aromatic rings. The Hall–Kier alpha value is -1.28. The number of allylic oxidation sites excluding steroid dienone is 6. The van der Waals surface area contributed by atoms with Crippen LogP contribution in [-0.2, 0) is 0 Å². The molecule has 0 saturated carbocycles. The first kappa shape index (κ1) is 9.28. The quantitative estimate of drug-likeness (QED) is 0.688. The largest absolute Gasteiger partial charge is 0.250 e. The van der Waals surface area contributed by atoms with Crippen molar-refractivity contribution in [2.75, 3.05) is 0 Å². The summed E-state index contributed by atoms with van der Waals surface area (Å²) in [6.45, 7) is 0. The van der Waals surface area contributed by atoms with Gasteiger partial charge in [-0.25, -0.2) is 0 Å². The predicted molar refractivity (Wildman–Crippen MR) is 62.4 cm³/mol. The SMILES string of the molecule is Sc1cc(C2=CC=CC=CC2)ccn1. The third kappa shape index (κ3) is 2.15. The Morgan fingerprint density at radius 3 is 3.00 bits per heavy atom. The van der Waals surface area contributed by atoms with Crippen LogP contribution in [0.1, 0.15) is 12.0 Å². The van der Waals surface area contributed by atoms with Gasteiger partial charge in [-0.05, 0) is 29.7 Å². The van der Waals surface area contributed by atoms with Crippen LogP contribution in [-0.4, -0.2) is 4.98 Å². The van der Waals surface area contributed by atoms with Crippen LogP contribution in [0.4, 0.5) is 0 Å². The van der Waals surface area contributed by atoms with Gasteiger partial charge in [0.2, 0.25) is 0 Å². The zero-order chi connectivity index (χ0) is 9.80. The van der Waals surface area contributed by atoms with Crippen molar-refractivity contribution in [1.29, 1.82) is 0 Å². The van der Waals surface area contributed by atoms with Gasteiger partial charge in [-0.15, -0.1) is 12.6 Å². The Bertz CT molecular complexity index is 416. The number of pyridine rings is 1. The minimum atomic E-state index is 0.764. The number of rotatable bonds is 1. The summed E-state index contributed by atoms with van der Waals surface area (Å²) in [5.74, 6) is 0. The number of aromatic nitrogens is 1. The molecule has 0 aliphatic heterocycles. The molecule has 2 heteroatoms. The first-order chi connectivity index (χ1) is 6.86. The molecule has 0 N–H and O–H groups in total. The van der Waals surface area contributed by atoms with Gasteiger partial charge in [0.25, 0.3) is 0 Å². The number of hydrogen-bond acceptors (Lipinski definition) is 2. The molecule has 0 saturated heterocycles. The van der Waals surface area contributed by atoms with E-state index in [1.165, 1.54) is 11.1 Å². The molecule has 1 nitrogen and oxygen atoms in total. The fourth-order valence-electron chi connectivity index (χ4n) is 1.41. The molecule has 1 heterocycles. The van der Waals surface area contributed by atoms with Crippen LogP contribution in [0.15, 0.2) is 53.7 Å². The van der Waals surface area contributed by atoms with Crippen LogP contribution in [0.3, 0.4) is 0 Å². The second-order valence-electron chi connectivity index (χ2n) is 3.11. The van der Waals surface area contributed by atoms with Gasteiger partial charge in [-0.3, -0.25) is 4.98 Å². The third-order valence-electron chi connectivity index (χ3n) is 2.11. The van der Waals surface area contributed by atoms with E-state index in [0.717, 1.165) is 11.4 Å². The van der Waals surface area contributed by atoms with Gasteiger partial charge in [-0.2, -0.15) is 0 Å². The highest BCUT2D eigenvalue weighted by molar-refractivity contribution is 7.80. The molecule has 2 rings (SSSR count). The molecule has 70 valence electrons. The van der Waals surface area contributed by atoms with Crippen molar-refractivity contribution in [3.63, 3.8) is 0 Å². The first-order valence-electron chi connectivity index (χ1n) is 4.54. The molecule has 1 aromatic heterocycles. The average molecular weight is 201 g/mol. The Kier molecular flexibility index (Phi) is 2.84. The maximum absolute atomic E-state index is 4.23. The molecular weight excluding hydrogens is 190 g/mol. The lowest BCUT2D eigenvalue weighted by Crippen LogP contribution is -1.84. The summed E-state index contributed by atoms with van der Waals surface area (Å²) in [7, 11) is 0. The number of nitrogens with zero attached hydrogens (tertiary/aromatic N) is 1. The summed E-state index contributed by atoms with van der Waals surface area (Å²) in [6.07, 6.45) is 13.2. The van der Waals surface area contributed by atoms with Gasteiger partial charge in [0.15, 0.2) is 0 Å². The average Bonchev–Trinajstić information content (AvgIpc) is 2.45. The molecule has 0 spiro atoms. The standard InChI is InChI=1S/C12H11NS/c14-12-9-11(7-8-13-12)10-5-3-1-2-4-6-10/h1-5,7-9H,6H2,(H,13,14). The molecule has 0 aromatic carbocycles. The van der Waals surface area contributed by atoms with E-state index in [-0.39, 0.29) is 0 Å². The lowest BCUT2D eigenvalue weighted by atomic mass is 10.0. The van der Waals surface area contributed by atoms with E-state index in [0.29, 0.717) is 0 Å². The molecule has 0 bridgehead atoms. The van der Waals surface area contributed by atoms with E-state index < -0.39 is 0 Å². The number of thiol groups is 1. The Morgan fingerprint density at radius 1 is 1.21 bits per heavy atom. The maximum Gasteiger partial charge on any atom is 0.0935 e. The fourth-order valence-corrected chi connectivity index (χ4v) is 1.62. The highest BCUT2D eigenvalue weighted by Crippen LogP contribution is 2.21. The van der Waals surface area contributed by atoms with Crippen LogP contribution in [0.5, 0.6) is 0 Å². The molecule has 0 fully saturated rings. The Balaban J connectivity index is 2.35. The van der Waals surface area contributed by atoms with Crippen molar-refractivity contribution < 1.29 is 0 Å². The highest BCUT2D eigenvalue weighted by atomic mass is 32.1. The summed E-state index contributed by atoms with van der Waals surface area (Å²) >= 11 is 4.23. The lowest BCUT2D eigenvalue weighted by Gasteiger charge is -2.03. The maximum atomic E-state index is 4.23. The van der Waals surface area contributed by atoms with E-state index in [4.69, 9.17) is 0 Å². The van der Waals surface area contributed by atoms with Crippen LogP contribution >= 0.6 is 12.6 Å². The monoisotopic (exact) mass is 201 g/mol. The van der Waals surface area contributed by atoms with Gasteiger partial charge in [0, 0.05) is 6.20 Å². The Morgan fingerprint density at radius 2 is 2.14 bits per heavy atom. The second-order valence-corrected chi connectivity index (χ2v) is 3.57. The lowest BCUT2D eigenvalue weighted by molar-refractivity contribution is 1.13. The molecule has 0 atom stereocenters. The van der Waals surface area contributed by atoms with E-state index in [1.807, 2.05) is 18.2 Å². The zero-order valence-corrected chi connectivity index (χ0v) is 8.61. The van der Waals surface area contributed by atoms with Crippen molar-refractivity contribution >= 4 is 18.2 Å². The van der Waals surface area contributed by atoms with Crippen molar-refractivity contribution in [3.8, 4) is 0 Å². The summed E-state index contributed by atoms with van der Waals surface area (Å²) < 4.78 is 0. The minimum Gasteiger partial charge on any atom is -0.250 e. The van der Waals surface area contributed by atoms with Gasteiger partial charge in [0.1, 0.15) is 0 Å². The number of hydrogen-bond donors (Lipinski definition) is 1. The topological polar surface area (TPSA) is 12.9 Å². The second kappa shape index (κ2) is 4.29. The molecule has 0 amide bonds. The van der Waals surface area contributed by atoms with Crippen LogP contribution in [0.2, 0.25) is 0 Å². The van der Waals surface area contributed by atoms with Crippen molar-refractivity contribution in [2.45, 2.75) is 11.4 Å². The van der Waals surface area contributed by atoms with Crippen molar-refractivity contribution in [3.05, 3.63) is 54.3 Å². The van der Waals surface area contributed by atoms with Crippen LogP contribution in [0, 0.1) is 0 Å². The van der Waals surface area contributed by atoms with E-state index in [1.54, 1.807) is 6.20 Å². The molecular formula is C12H11NS. The molecule has 1 aliphatic carbocycles. The predicted octanol–water partition coefficient (Wildman–Crippen LogP) is 3.27. The van der Waals surface area contributed by atoms with E-state index in [9.17, 15) is 0 Å². The summed E-state index contributed by atoms with van der Waals surface area (Å²) in [6, 6.07) is 4.00. The van der Waals surface area contributed by atoms with Crippen molar-refractivity contribution in [1.82, 2.24) is 4.98 Å². The first-order valence-corrected chi connectivity index (χ1v) is 4.99. The molecule has 0 unspecified atom stereocenters. The van der Waals surface area contributed by atoms with Gasteiger partial charge >= 0.3 is 0 Å². The van der Waals surface area contributed by atoms with E-state index in [2.05, 4.69) is 41.9 Å². The fraction of sp³-hybridized carbons (Fsp3) is 0.0833. The van der Waals surface area contributed by atoms with Crippen LogP contribution in [0.25, 0.3) is 5.57 Å². The smallest absolute Gasteiger partial charge is 0.0935 e. The molecule has 1 aliphatic rings. The highest BCUT2D eigenvalue weighted by Gasteiger charge is 2.00. The van der Waals surface area contributed by atoms with Gasteiger partial charge in [-0.1, -0.05) is 30.4 Å². The zero-order valence-electron chi connectivity index (χ0n) is 7.72. The summed E-state index contributed by atoms with van der Waals surface area (Å²) in [5, 5.41) is 0.764. The van der Waals surface area contributed by atoms with Crippen molar-refractivity contribution in [2.24, 2.45) is 0 Å². The molecule has 14 heavy (non-hydrogen) atoms. The van der Waals surface area contributed by atoms with Gasteiger partial charge < -0.3 is 0 Å². The van der Waals surface area contributed by atoms with E-state index >= 15 is 0 Å². The van der Waals surface area contributed by atoms with Crippen LogP contribution < -0.4 is 0 Å². The third-order valence-corrected chi connectivity index (χ3v) is 2.35. The minimum absolute atomic E-state index is 0.764. The summed E-state index contributed by atoms with van der Waals surface area (Å²) in [5.41, 5.74) is 2.49. The Labute approximate surface area is 89.3 Å². The molecule has 0 radical (unpaired) electrons. The normalized spacial score (nSPS) is 15.1. The van der Waals surface area contributed by atoms with Gasteiger partial charge in [0.05, 0.1) is 5.03 Å². The summed E-state index contributed by atoms with van der Waals surface area (Å²) in [4.78, 5) is 4.06.